The van der Waals surface area contributed by atoms with E-state index in [1.54, 1.807) is 0 Å². The molecule has 6 aromatic carbocycles. The number of para-hydroxylation sites is 4. The Balaban J connectivity index is 1.24. The zero-order chi connectivity index (χ0) is 26.9. The molecule has 0 amide bonds. The van der Waals surface area contributed by atoms with Crippen LogP contribution in [0.15, 0.2) is 133 Å². The second-order valence-electron chi connectivity index (χ2n) is 10.8. The van der Waals surface area contributed by atoms with Crippen LogP contribution in [0.25, 0.3) is 20.2 Å². The van der Waals surface area contributed by atoms with Gasteiger partial charge in [0.05, 0.1) is 0 Å². The minimum absolute atomic E-state index is 0.118. The number of hydrogen-bond donors (Lipinski definition) is 0. The van der Waals surface area contributed by atoms with E-state index in [4.69, 9.17) is 9.47 Å². The highest BCUT2D eigenvalue weighted by Crippen LogP contribution is 2.50. The van der Waals surface area contributed by atoms with Crippen LogP contribution in [0.3, 0.4) is 0 Å². The Kier molecular flexibility index (Phi) is 4.93. The second-order valence-corrected chi connectivity index (χ2v) is 11.9. The Morgan fingerprint density at radius 2 is 0.732 bits per heavy atom. The molecule has 9 rings (SSSR count). The molecule has 194 valence electrons. The monoisotopic (exact) mass is 544 g/mol. The predicted octanol–water partition coefficient (Wildman–Crippen LogP) is 10.6. The Labute approximate surface area is 242 Å². The van der Waals surface area contributed by atoms with E-state index in [1.165, 1.54) is 53.6 Å². The third-order valence-electron chi connectivity index (χ3n) is 8.54. The molecule has 41 heavy (non-hydrogen) atoms. The molecule has 0 aliphatic carbocycles. The summed E-state index contributed by atoms with van der Waals surface area (Å²) >= 11 is 1.87. The van der Waals surface area contributed by atoms with Gasteiger partial charge in [0.1, 0.15) is 23.0 Å². The van der Waals surface area contributed by atoms with Crippen LogP contribution in [-0.2, 0) is 0 Å². The topological polar surface area (TPSA) is 18.5 Å². The van der Waals surface area contributed by atoms with E-state index in [-0.39, 0.29) is 11.8 Å². The summed E-state index contributed by atoms with van der Waals surface area (Å²) in [5.74, 6) is 3.98. The molecule has 2 nitrogen and oxygen atoms in total. The van der Waals surface area contributed by atoms with E-state index in [2.05, 4.69) is 109 Å². The molecule has 0 N–H and O–H groups in total. The molecule has 7 aromatic rings. The van der Waals surface area contributed by atoms with Crippen LogP contribution in [0.2, 0.25) is 0 Å². The highest BCUT2D eigenvalue weighted by Gasteiger charge is 2.30. The van der Waals surface area contributed by atoms with Gasteiger partial charge in [0, 0.05) is 54.3 Å². The lowest BCUT2D eigenvalue weighted by atomic mass is 9.81. The molecule has 0 unspecified atom stereocenters. The summed E-state index contributed by atoms with van der Waals surface area (Å²) in [7, 11) is 0. The summed E-state index contributed by atoms with van der Waals surface area (Å²) in [6.45, 7) is 0. The zero-order valence-corrected chi connectivity index (χ0v) is 22.9. The first-order valence-corrected chi connectivity index (χ1v) is 14.8. The fraction of sp³-hybridized carbons (Fsp3) is 0.0526. The van der Waals surface area contributed by atoms with Gasteiger partial charge < -0.3 is 9.47 Å². The van der Waals surface area contributed by atoms with Crippen LogP contribution in [0.4, 0.5) is 0 Å². The van der Waals surface area contributed by atoms with Gasteiger partial charge in [0.15, 0.2) is 0 Å². The molecule has 0 saturated carbocycles. The molecule has 3 heteroatoms. The number of hydrogen-bond acceptors (Lipinski definition) is 3. The minimum atomic E-state index is 0.118. The van der Waals surface area contributed by atoms with Crippen molar-refractivity contribution >= 4 is 31.5 Å². The molecule has 0 spiro atoms. The fourth-order valence-corrected chi connectivity index (χ4v) is 7.78. The van der Waals surface area contributed by atoms with Gasteiger partial charge in [-0.3, -0.25) is 0 Å². The van der Waals surface area contributed by atoms with Gasteiger partial charge >= 0.3 is 0 Å². The lowest BCUT2D eigenvalue weighted by molar-refractivity contribution is 0.452. The summed E-state index contributed by atoms with van der Waals surface area (Å²) in [6.07, 6.45) is 0. The molecule has 0 bridgehead atoms. The van der Waals surface area contributed by atoms with E-state index in [0.717, 1.165) is 23.0 Å². The van der Waals surface area contributed by atoms with Gasteiger partial charge in [-0.1, -0.05) is 84.9 Å². The average Bonchev–Trinajstić information content (AvgIpc) is 3.39. The zero-order valence-electron chi connectivity index (χ0n) is 22.1. The Hall–Kier alpha value is -4.86. The number of benzene rings is 6. The van der Waals surface area contributed by atoms with Gasteiger partial charge in [-0.2, -0.15) is 0 Å². The third kappa shape index (κ3) is 3.49. The van der Waals surface area contributed by atoms with Crippen molar-refractivity contribution in [2.75, 3.05) is 0 Å². The van der Waals surface area contributed by atoms with Gasteiger partial charge in [-0.25, -0.2) is 0 Å². The van der Waals surface area contributed by atoms with Crippen LogP contribution in [0.1, 0.15) is 45.2 Å². The van der Waals surface area contributed by atoms with Gasteiger partial charge in [0.2, 0.25) is 0 Å². The molecule has 3 heterocycles. The SMILES string of the molecule is c1ccc2c(c1)Oc1ccccc1C2c1ccc2sc3ccc(C4c5ccccc5Oc5ccccc54)cc3c2c1. The number of thiophene rings is 1. The van der Waals surface area contributed by atoms with E-state index in [9.17, 15) is 0 Å². The molecule has 0 fully saturated rings. The van der Waals surface area contributed by atoms with E-state index >= 15 is 0 Å². The summed E-state index contributed by atoms with van der Waals surface area (Å²) in [5, 5.41) is 2.61. The Morgan fingerprint density at radius 1 is 0.390 bits per heavy atom. The van der Waals surface area contributed by atoms with Crippen LogP contribution < -0.4 is 9.47 Å². The van der Waals surface area contributed by atoms with Crippen molar-refractivity contribution in [3.8, 4) is 23.0 Å². The Bertz CT molecular complexity index is 1900. The maximum atomic E-state index is 6.30. The summed E-state index contributed by atoms with van der Waals surface area (Å²) < 4.78 is 15.2. The lowest BCUT2D eigenvalue weighted by Crippen LogP contribution is -2.11. The van der Waals surface area contributed by atoms with Crippen LogP contribution >= 0.6 is 11.3 Å². The van der Waals surface area contributed by atoms with E-state index in [0.29, 0.717) is 0 Å². The normalized spacial score (nSPS) is 14.0. The summed E-state index contributed by atoms with van der Waals surface area (Å²) in [6, 6.07) is 47.7. The maximum absolute atomic E-state index is 6.30. The number of fused-ring (bicyclic) bond motifs is 7. The van der Waals surface area contributed by atoms with Crippen molar-refractivity contribution in [1.82, 2.24) is 0 Å². The highest BCUT2D eigenvalue weighted by atomic mass is 32.1. The molecular weight excluding hydrogens is 520 g/mol. The first-order valence-electron chi connectivity index (χ1n) is 14.0. The quantitative estimate of drug-likeness (QED) is 0.215. The molecule has 1 aromatic heterocycles. The van der Waals surface area contributed by atoms with Gasteiger partial charge in [-0.15, -0.1) is 11.3 Å². The van der Waals surface area contributed by atoms with Crippen molar-refractivity contribution in [3.63, 3.8) is 0 Å². The standard InChI is InChI=1S/C38H24O2S/c1-5-13-31-25(9-1)37(26-10-2-6-14-32(26)39-31)23-17-19-35-29(21-23)30-22-24(18-20-36(30)41-35)38-27-11-3-7-15-33(27)40-34-16-8-4-12-28(34)38/h1-22,37-38H. The first-order chi connectivity index (χ1) is 20.3. The van der Waals surface area contributed by atoms with Crippen LogP contribution in [0, 0.1) is 0 Å². The third-order valence-corrected chi connectivity index (χ3v) is 9.70. The van der Waals surface area contributed by atoms with E-state index in [1.807, 2.05) is 35.6 Å². The second kappa shape index (κ2) is 8.82. The molecule has 0 atom stereocenters. The van der Waals surface area contributed by atoms with E-state index < -0.39 is 0 Å². The van der Waals surface area contributed by atoms with Crippen molar-refractivity contribution < 1.29 is 9.47 Å². The Morgan fingerprint density at radius 3 is 1.10 bits per heavy atom. The maximum Gasteiger partial charge on any atom is 0.131 e. The van der Waals surface area contributed by atoms with Crippen molar-refractivity contribution in [2.45, 2.75) is 11.8 Å². The van der Waals surface area contributed by atoms with Gasteiger partial charge in [-0.05, 0) is 59.7 Å². The molecule has 0 radical (unpaired) electrons. The van der Waals surface area contributed by atoms with Crippen molar-refractivity contribution in [3.05, 3.63) is 167 Å². The predicted molar refractivity (Wildman–Crippen MR) is 167 cm³/mol. The highest BCUT2D eigenvalue weighted by molar-refractivity contribution is 7.25. The first kappa shape index (κ1) is 22.9. The number of ether oxygens (including phenoxy) is 2. The van der Waals surface area contributed by atoms with Crippen molar-refractivity contribution in [1.29, 1.82) is 0 Å². The smallest absolute Gasteiger partial charge is 0.131 e. The van der Waals surface area contributed by atoms with Crippen LogP contribution in [-0.4, -0.2) is 0 Å². The molecule has 0 saturated heterocycles. The molecule has 2 aliphatic heterocycles. The van der Waals surface area contributed by atoms with Crippen LogP contribution in [0.5, 0.6) is 23.0 Å². The number of rotatable bonds is 2. The summed E-state index contributed by atoms with van der Waals surface area (Å²) in [5.41, 5.74) is 7.41. The van der Waals surface area contributed by atoms with Crippen molar-refractivity contribution in [2.24, 2.45) is 0 Å². The summed E-state index contributed by atoms with van der Waals surface area (Å²) in [4.78, 5) is 0. The fourth-order valence-electron chi connectivity index (χ4n) is 6.71. The molecular formula is C38H24O2S. The molecule has 2 aliphatic rings. The minimum Gasteiger partial charge on any atom is -0.457 e. The average molecular weight is 545 g/mol. The largest absolute Gasteiger partial charge is 0.457 e. The lowest BCUT2D eigenvalue weighted by Gasteiger charge is -2.29. The van der Waals surface area contributed by atoms with Gasteiger partial charge in [0.25, 0.3) is 0 Å².